The van der Waals surface area contributed by atoms with Crippen molar-refractivity contribution in [2.75, 3.05) is 32.3 Å². The van der Waals surface area contributed by atoms with Crippen LogP contribution in [-0.4, -0.2) is 45.0 Å². The topological polar surface area (TPSA) is 91.4 Å². The molecule has 1 heterocycles. The van der Waals surface area contributed by atoms with Gasteiger partial charge in [0.15, 0.2) is 12.4 Å². The molecule has 1 fully saturated rings. The fourth-order valence-electron chi connectivity index (χ4n) is 3.72. The number of nitrogens with zero attached hydrogens (tertiary/aromatic N) is 1. The Balaban J connectivity index is 1.32. The van der Waals surface area contributed by atoms with Crippen LogP contribution in [0, 0.1) is 5.92 Å². The van der Waals surface area contributed by atoms with Gasteiger partial charge in [0.25, 0.3) is 0 Å². The van der Waals surface area contributed by atoms with Gasteiger partial charge in [-0.1, -0.05) is 12.1 Å². The summed E-state index contributed by atoms with van der Waals surface area (Å²) in [5, 5.41) is 0. The molecule has 1 aliphatic rings. The molecule has 0 N–H and O–H groups in total. The number of carbonyl (C=O) groups excluding carboxylic acids is 3. The van der Waals surface area contributed by atoms with Crippen molar-refractivity contribution >= 4 is 23.3 Å². The molecule has 35 heavy (non-hydrogen) atoms. The molecule has 0 bridgehead atoms. The molecule has 1 amide bonds. The lowest BCUT2D eigenvalue weighted by Crippen LogP contribution is -2.27. The number of rotatable bonds is 9. The highest BCUT2D eigenvalue weighted by atomic mass is 16.5. The van der Waals surface area contributed by atoms with Crippen molar-refractivity contribution in [1.29, 1.82) is 0 Å². The zero-order valence-corrected chi connectivity index (χ0v) is 19.4. The number of ketones is 1. The smallest absolute Gasteiger partial charge is 0.311 e. The number of anilines is 1. The largest absolute Gasteiger partial charge is 0.497 e. The average Bonchev–Trinajstić information content (AvgIpc) is 3.29. The fourth-order valence-corrected chi connectivity index (χ4v) is 3.72. The van der Waals surface area contributed by atoms with E-state index in [4.69, 9.17) is 18.9 Å². The monoisotopic (exact) mass is 475 g/mol. The van der Waals surface area contributed by atoms with E-state index in [2.05, 4.69) is 0 Å². The van der Waals surface area contributed by atoms with E-state index in [1.54, 1.807) is 79.9 Å². The van der Waals surface area contributed by atoms with Crippen LogP contribution in [0.3, 0.4) is 0 Å². The molecule has 0 aliphatic carbocycles. The Hall–Kier alpha value is -4.33. The minimum atomic E-state index is -0.643. The Morgan fingerprint density at radius 1 is 0.857 bits per heavy atom. The van der Waals surface area contributed by atoms with Crippen LogP contribution in [0.2, 0.25) is 0 Å². The molecule has 3 aromatic carbocycles. The molecule has 1 atom stereocenters. The number of amides is 1. The third-order valence-electron chi connectivity index (χ3n) is 5.64. The van der Waals surface area contributed by atoms with Crippen LogP contribution in [0.15, 0.2) is 72.8 Å². The summed E-state index contributed by atoms with van der Waals surface area (Å²) in [4.78, 5) is 39.0. The minimum absolute atomic E-state index is 0.0241. The molecule has 0 radical (unpaired) electrons. The van der Waals surface area contributed by atoms with Crippen LogP contribution in [0.25, 0.3) is 0 Å². The van der Waals surface area contributed by atoms with E-state index in [-0.39, 0.29) is 24.7 Å². The number of hydrogen-bond donors (Lipinski definition) is 0. The molecule has 0 aromatic heterocycles. The zero-order valence-electron chi connectivity index (χ0n) is 19.4. The summed E-state index contributed by atoms with van der Waals surface area (Å²) in [7, 11) is 3.11. The maximum Gasteiger partial charge on any atom is 0.311 e. The predicted octanol–water partition coefficient (Wildman–Crippen LogP) is 4.28. The SMILES string of the molecule is COc1ccc(Oc2ccc(N3CC(C(=O)OCC(=O)c4cccc(OC)c4)CC3=O)cc2)cc1. The molecule has 0 saturated carbocycles. The number of carbonyl (C=O) groups is 3. The molecule has 1 saturated heterocycles. The molecule has 4 rings (SSSR count). The summed E-state index contributed by atoms with van der Waals surface area (Å²) < 4.78 is 21.3. The zero-order chi connectivity index (χ0) is 24.8. The molecular weight excluding hydrogens is 450 g/mol. The van der Waals surface area contributed by atoms with E-state index < -0.39 is 18.5 Å². The minimum Gasteiger partial charge on any atom is -0.497 e. The van der Waals surface area contributed by atoms with E-state index in [0.717, 1.165) is 5.75 Å². The molecule has 1 aliphatic heterocycles. The average molecular weight is 475 g/mol. The number of Topliss-reactive ketones (excluding diaryl/α,β-unsaturated/α-hetero) is 1. The Morgan fingerprint density at radius 3 is 2.14 bits per heavy atom. The normalized spacial score (nSPS) is 15.0. The lowest BCUT2D eigenvalue weighted by atomic mass is 10.1. The number of hydrogen-bond acceptors (Lipinski definition) is 7. The van der Waals surface area contributed by atoms with Gasteiger partial charge >= 0.3 is 5.97 Å². The third-order valence-corrected chi connectivity index (χ3v) is 5.64. The quantitative estimate of drug-likeness (QED) is 0.337. The van der Waals surface area contributed by atoms with E-state index in [1.165, 1.54) is 12.0 Å². The van der Waals surface area contributed by atoms with Crippen molar-refractivity contribution < 1.29 is 33.3 Å². The van der Waals surface area contributed by atoms with Crippen molar-refractivity contribution in [3.8, 4) is 23.0 Å². The summed E-state index contributed by atoms with van der Waals surface area (Å²) in [6, 6.07) is 20.9. The third kappa shape index (κ3) is 5.78. The lowest BCUT2D eigenvalue weighted by Gasteiger charge is -2.17. The molecule has 180 valence electrons. The van der Waals surface area contributed by atoms with Crippen LogP contribution in [0.5, 0.6) is 23.0 Å². The van der Waals surface area contributed by atoms with Gasteiger partial charge in [-0.05, 0) is 60.7 Å². The predicted molar refractivity (Wildman–Crippen MR) is 128 cm³/mol. The van der Waals surface area contributed by atoms with Crippen molar-refractivity contribution in [3.63, 3.8) is 0 Å². The van der Waals surface area contributed by atoms with Crippen LogP contribution in [-0.2, 0) is 14.3 Å². The van der Waals surface area contributed by atoms with E-state index in [9.17, 15) is 14.4 Å². The highest BCUT2D eigenvalue weighted by molar-refractivity contribution is 6.01. The second-order valence-electron chi connectivity index (χ2n) is 7.94. The lowest BCUT2D eigenvalue weighted by molar-refractivity contribution is -0.147. The van der Waals surface area contributed by atoms with Gasteiger partial charge < -0.3 is 23.8 Å². The van der Waals surface area contributed by atoms with Gasteiger partial charge in [0.1, 0.15) is 23.0 Å². The fraction of sp³-hybridized carbons (Fsp3) is 0.222. The maximum absolute atomic E-state index is 12.6. The first kappa shape index (κ1) is 23.8. The highest BCUT2D eigenvalue weighted by Crippen LogP contribution is 2.29. The summed E-state index contributed by atoms with van der Waals surface area (Å²) in [6.45, 7) is -0.211. The molecule has 0 spiro atoms. The number of esters is 1. The van der Waals surface area contributed by atoms with E-state index in [0.29, 0.717) is 28.5 Å². The Bertz CT molecular complexity index is 1200. The van der Waals surface area contributed by atoms with Gasteiger partial charge in [-0.3, -0.25) is 14.4 Å². The summed E-state index contributed by atoms with van der Waals surface area (Å²) in [6.07, 6.45) is 0.0241. The first-order valence-corrected chi connectivity index (χ1v) is 11.0. The molecule has 8 heteroatoms. The van der Waals surface area contributed by atoms with Crippen LogP contribution in [0.4, 0.5) is 5.69 Å². The van der Waals surface area contributed by atoms with E-state index in [1.807, 2.05) is 0 Å². The van der Waals surface area contributed by atoms with Crippen molar-refractivity contribution in [2.45, 2.75) is 6.42 Å². The van der Waals surface area contributed by atoms with Crippen molar-refractivity contribution in [1.82, 2.24) is 0 Å². The summed E-state index contributed by atoms with van der Waals surface area (Å²) in [5.74, 6) is 0.797. The Morgan fingerprint density at radius 2 is 1.49 bits per heavy atom. The van der Waals surface area contributed by atoms with E-state index >= 15 is 0 Å². The second kappa shape index (κ2) is 10.7. The summed E-state index contributed by atoms with van der Waals surface area (Å²) >= 11 is 0. The van der Waals surface area contributed by atoms with Crippen molar-refractivity contribution in [2.24, 2.45) is 5.92 Å². The van der Waals surface area contributed by atoms with Gasteiger partial charge in [0, 0.05) is 24.2 Å². The number of ether oxygens (including phenoxy) is 4. The van der Waals surface area contributed by atoms with Crippen LogP contribution in [0.1, 0.15) is 16.8 Å². The van der Waals surface area contributed by atoms with Gasteiger partial charge in [-0.15, -0.1) is 0 Å². The van der Waals surface area contributed by atoms with Crippen molar-refractivity contribution in [3.05, 3.63) is 78.4 Å². The maximum atomic E-state index is 12.6. The van der Waals surface area contributed by atoms with Gasteiger partial charge in [-0.2, -0.15) is 0 Å². The van der Waals surface area contributed by atoms with Gasteiger partial charge in [0.05, 0.1) is 20.1 Å². The molecular formula is C27H25NO7. The Labute approximate surface area is 203 Å². The molecule has 1 unspecified atom stereocenters. The van der Waals surface area contributed by atoms with Crippen LogP contribution >= 0.6 is 0 Å². The standard InChI is InChI=1S/C27H25NO7/c1-32-21-10-12-23(13-11-21)35-22-8-6-20(7-9-22)28-16-19(15-26(28)30)27(31)34-17-25(29)18-4-3-5-24(14-18)33-2/h3-14,19H,15-17H2,1-2H3. The molecule has 8 nitrogen and oxygen atoms in total. The van der Waals surface area contributed by atoms with Gasteiger partial charge in [0.2, 0.25) is 5.91 Å². The second-order valence-corrected chi connectivity index (χ2v) is 7.94. The highest BCUT2D eigenvalue weighted by Gasteiger charge is 2.36. The first-order chi connectivity index (χ1) is 17.0. The van der Waals surface area contributed by atoms with Crippen LogP contribution < -0.4 is 19.1 Å². The Kier molecular flexibility index (Phi) is 7.30. The first-order valence-electron chi connectivity index (χ1n) is 11.0. The summed E-state index contributed by atoms with van der Waals surface area (Å²) in [5.41, 5.74) is 1.04. The van der Waals surface area contributed by atoms with Gasteiger partial charge in [-0.25, -0.2) is 0 Å². The number of benzene rings is 3. The number of methoxy groups -OCH3 is 2. The molecule has 3 aromatic rings.